The Hall–Kier alpha value is -2.10. The molecule has 24 heavy (non-hydrogen) atoms. The van der Waals surface area contributed by atoms with Crippen molar-refractivity contribution in [2.45, 2.75) is 57.9 Å². The highest BCUT2D eigenvalue weighted by Crippen LogP contribution is 2.25. The molecule has 1 aliphatic rings. The summed E-state index contributed by atoms with van der Waals surface area (Å²) in [4.78, 5) is 9.40. The molecule has 0 spiro atoms. The van der Waals surface area contributed by atoms with E-state index in [1.54, 1.807) is 0 Å². The minimum Gasteiger partial charge on any atom is -0.367 e. The van der Waals surface area contributed by atoms with E-state index in [1.807, 2.05) is 6.07 Å². The summed E-state index contributed by atoms with van der Waals surface area (Å²) in [5.41, 5.74) is 2.11. The topological polar surface area (TPSA) is 49.8 Å². The zero-order chi connectivity index (χ0) is 16.6. The molecule has 0 unspecified atom stereocenters. The van der Waals surface area contributed by atoms with E-state index >= 15 is 0 Å². The first kappa shape index (κ1) is 16.7. The highest BCUT2D eigenvalue weighted by molar-refractivity contribution is 5.64. The van der Waals surface area contributed by atoms with Crippen LogP contribution in [0.5, 0.6) is 0 Å². The number of benzene rings is 1. The summed E-state index contributed by atoms with van der Waals surface area (Å²) in [6.45, 7) is 3.14. The molecule has 0 atom stereocenters. The van der Waals surface area contributed by atoms with E-state index in [0.717, 1.165) is 36.0 Å². The molecule has 0 bridgehead atoms. The number of hydrogen-bond acceptors (Lipinski definition) is 4. The van der Waals surface area contributed by atoms with E-state index in [-0.39, 0.29) is 0 Å². The predicted molar refractivity (Wildman–Crippen MR) is 101 cm³/mol. The zero-order valence-corrected chi connectivity index (χ0v) is 14.6. The van der Waals surface area contributed by atoms with Gasteiger partial charge in [0, 0.05) is 24.2 Å². The lowest BCUT2D eigenvalue weighted by Crippen LogP contribution is -2.17. The molecule has 1 aliphatic carbocycles. The normalized spacial score (nSPS) is 14.7. The maximum Gasteiger partial charge on any atom is 0.225 e. The van der Waals surface area contributed by atoms with Crippen LogP contribution in [0.15, 0.2) is 36.4 Å². The Morgan fingerprint density at radius 1 is 1.04 bits per heavy atom. The van der Waals surface area contributed by atoms with Gasteiger partial charge >= 0.3 is 0 Å². The summed E-state index contributed by atoms with van der Waals surface area (Å²) >= 11 is 0. The number of nitrogens with zero attached hydrogens (tertiary/aromatic N) is 2. The largest absolute Gasteiger partial charge is 0.367 e. The van der Waals surface area contributed by atoms with Gasteiger partial charge in [-0.3, -0.25) is 0 Å². The first-order valence-electron chi connectivity index (χ1n) is 9.30. The van der Waals surface area contributed by atoms with Gasteiger partial charge in [0.2, 0.25) is 5.95 Å². The minimum absolute atomic E-state index is 0.552. The lowest BCUT2D eigenvalue weighted by atomic mass is 10.1. The van der Waals surface area contributed by atoms with Crippen LogP contribution in [0.2, 0.25) is 0 Å². The molecule has 0 aliphatic heterocycles. The second-order valence-corrected chi connectivity index (χ2v) is 6.59. The molecule has 0 amide bonds. The Kier molecular flexibility index (Phi) is 6.05. The number of anilines is 2. The van der Waals surface area contributed by atoms with Crippen LogP contribution in [-0.2, 0) is 0 Å². The summed E-state index contributed by atoms with van der Waals surface area (Å²) < 4.78 is 0. The molecule has 1 heterocycles. The molecule has 4 heteroatoms. The fourth-order valence-corrected chi connectivity index (χ4v) is 3.21. The molecule has 1 aromatic carbocycles. The molecular formula is C20H28N4. The van der Waals surface area contributed by atoms with Gasteiger partial charge in [-0.2, -0.15) is 4.98 Å². The van der Waals surface area contributed by atoms with Crippen LogP contribution in [0.1, 0.15) is 51.9 Å². The highest BCUT2D eigenvalue weighted by Gasteiger charge is 2.16. The van der Waals surface area contributed by atoms with E-state index in [9.17, 15) is 0 Å². The van der Waals surface area contributed by atoms with Crippen LogP contribution in [0.4, 0.5) is 11.8 Å². The monoisotopic (exact) mass is 324 g/mol. The van der Waals surface area contributed by atoms with Gasteiger partial charge in [0.1, 0.15) is 5.82 Å². The van der Waals surface area contributed by atoms with E-state index in [4.69, 9.17) is 4.98 Å². The quantitative estimate of drug-likeness (QED) is 0.663. The summed E-state index contributed by atoms with van der Waals surface area (Å²) in [5, 5.41) is 6.99. The number of rotatable bonds is 8. The number of aromatic nitrogens is 2. The van der Waals surface area contributed by atoms with Crippen molar-refractivity contribution in [3.05, 3.63) is 36.4 Å². The van der Waals surface area contributed by atoms with Crippen molar-refractivity contribution in [3.63, 3.8) is 0 Å². The molecule has 1 saturated carbocycles. The van der Waals surface area contributed by atoms with Crippen molar-refractivity contribution < 1.29 is 0 Å². The third-order valence-corrected chi connectivity index (χ3v) is 4.57. The average Bonchev–Trinajstić information content (AvgIpc) is 3.12. The van der Waals surface area contributed by atoms with Crippen LogP contribution in [0, 0.1) is 0 Å². The van der Waals surface area contributed by atoms with Gasteiger partial charge in [-0.15, -0.1) is 0 Å². The lowest BCUT2D eigenvalue weighted by Gasteiger charge is -2.15. The Balaban J connectivity index is 1.78. The van der Waals surface area contributed by atoms with Gasteiger partial charge in [-0.1, -0.05) is 62.9 Å². The van der Waals surface area contributed by atoms with Crippen molar-refractivity contribution >= 4 is 11.8 Å². The second-order valence-electron chi connectivity index (χ2n) is 6.59. The van der Waals surface area contributed by atoms with Gasteiger partial charge in [0.05, 0.1) is 5.69 Å². The fraction of sp³-hybridized carbons (Fsp3) is 0.500. The molecule has 3 rings (SSSR count). The third kappa shape index (κ3) is 4.70. The molecule has 2 aromatic rings. The summed E-state index contributed by atoms with van der Waals surface area (Å²) in [7, 11) is 0. The minimum atomic E-state index is 0.552. The maximum absolute atomic E-state index is 4.71. The average molecular weight is 324 g/mol. The Labute approximate surface area is 145 Å². The van der Waals surface area contributed by atoms with Crippen LogP contribution >= 0.6 is 0 Å². The second kappa shape index (κ2) is 8.67. The summed E-state index contributed by atoms with van der Waals surface area (Å²) in [6, 6.07) is 13.0. The number of unbranched alkanes of at least 4 members (excludes halogenated alkanes) is 2. The maximum atomic E-state index is 4.71. The number of nitrogens with one attached hydrogen (secondary N) is 2. The summed E-state index contributed by atoms with van der Waals surface area (Å²) in [6.07, 6.45) is 8.72. The van der Waals surface area contributed by atoms with Gasteiger partial charge < -0.3 is 10.6 Å². The zero-order valence-electron chi connectivity index (χ0n) is 14.6. The number of hydrogen-bond donors (Lipinski definition) is 2. The van der Waals surface area contributed by atoms with Crippen LogP contribution in [-0.4, -0.2) is 22.6 Å². The SMILES string of the molecule is CCCCCNc1nc(NC2CCCC2)cc(-c2ccccc2)n1. The van der Waals surface area contributed by atoms with Crippen LogP contribution in [0.3, 0.4) is 0 Å². The van der Waals surface area contributed by atoms with Crippen molar-refractivity contribution in [1.29, 1.82) is 0 Å². The smallest absolute Gasteiger partial charge is 0.225 e. The van der Waals surface area contributed by atoms with Gasteiger partial charge in [-0.05, 0) is 19.3 Å². The Morgan fingerprint density at radius 3 is 2.58 bits per heavy atom. The van der Waals surface area contributed by atoms with E-state index in [0.29, 0.717) is 6.04 Å². The van der Waals surface area contributed by atoms with Gasteiger partial charge in [0.25, 0.3) is 0 Å². The molecule has 0 radical (unpaired) electrons. The Bertz CT molecular complexity index is 621. The van der Waals surface area contributed by atoms with Gasteiger partial charge in [-0.25, -0.2) is 4.98 Å². The van der Waals surface area contributed by atoms with Crippen molar-refractivity contribution in [1.82, 2.24) is 9.97 Å². The van der Waals surface area contributed by atoms with Crippen molar-refractivity contribution in [2.75, 3.05) is 17.2 Å². The molecular weight excluding hydrogens is 296 g/mol. The molecule has 128 valence electrons. The Morgan fingerprint density at radius 2 is 1.83 bits per heavy atom. The van der Waals surface area contributed by atoms with E-state index in [1.165, 1.54) is 38.5 Å². The third-order valence-electron chi connectivity index (χ3n) is 4.57. The van der Waals surface area contributed by atoms with Crippen LogP contribution < -0.4 is 10.6 Å². The van der Waals surface area contributed by atoms with E-state index in [2.05, 4.69) is 52.9 Å². The predicted octanol–water partition coefficient (Wildman–Crippen LogP) is 5.10. The highest BCUT2D eigenvalue weighted by atomic mass is 15.1. The summed E-state index contributed by atoms with van der Waals surface area (Å²) in [5.74, 6) is 1.67. The van der Waals surface area contributed by atoms with Crippen molar-refractivity contribution in [3.8, 4) is 11.3 Å². The molecule has 4 nitrogen and oxygen atoms in total. The molecule has 1 aromatic heterocycles. The molecule has 2 N–H and O–H groups in total. The van der Waals surface area contributed by atoms with Crippen LogP contribution in [0.25, 0.3) is 11.3 Å². The van der Waals surface area contributed by atoms with Crippen molar-refractivity contribution in [2.24, 2.45) is 0 Å². The lowest BCUT2D eigenvalue weighted by molar-refractivity contribution is 0.738. The first-order chi connectivity index (χ1) is 11.8. The first-order valence-corrected chi connectivity index (χ1v) is 9.30. The standard InChI is InChI=1S/C20H28N4/c1-2-3-9-14-21-20-23-18(16-10-5-4-6-11-16)15-19(24-20)22-17-12-7-8-13-17/h4-6,10-11,15,17H,2-3,7-9,12-14H2,1H3,(H2,21,22,23,24). The van der Waals surface area contributed by atoms with E-state index < -0.39 is 0 Å². The fourth-order valence-electron chi connectivity index (χ4n) is 3.21. The van der Waals surface area contributed by atoms with Gasteiger partial charge in [0.15, 0.2) is 0 Å². The molecule has 0 saturated heterocycles. The molecule has 1 fully saturated rings.